The molecular formula is C28H29NO6. The van der Waals surface area contributed by atoms with Crippen LogP contribution in [0.2, 0.25) is 0 Å². The number of furan rings is 1. The second kappa shape index (κ2) is 10.1. The highest BCUT2D eigenvalue weighted by atomic mass is 16.5. The number of ketones is 1. The number of rotatable bonds is 9. The lowest BCUT2D eigenvalue weighted by Gasteiger charge is -2.27. The summed E-state index contributed by atoms with van der Waals surface area (Å²) in [6.45, 7) is 4.48. The van der Waals surface area contributed by atoms with Gasteiger partial charge in [-0.1, -0.05) is 44.2 Å². The van der Waals surface area contributed by atoms with Gasteiger partial charge in [-0.05, 0) is 53.3 Å². The van der Waals surface area contributed by atoms with Gasteiger partial charge in [0.2, 0.25) is 5.78 Å². The van der Waals surface area contributed by atoms with Crippen LogP contribution in [0.1, 0.15) is 53.1 Å². The topological polar surface area (TPSA) is 89.2 Å². The van der Waals surface area contributed by atoms with Gasteiger partial charge in [0.25, 0.3) is 5.91 Å². The fourth-order valence-electron chi connectivity index (χ4n) is 4.35. The second-order valence-electron chi connectivity index (χ2n) is 8.73. The molecule has 0 bridgehead atoms. The molecule has 1 N–H and O–H groups in total. The quantitative estimate of drug-likeness (QED) is 0.426. The minimum atomic E-state index is -0.735. The molecule has 4 rings (SSSR count). The van der Waals surface area contributed by atoms with Crippen LogP contribution in [0.5, 0.6) is 11.5 Å². The van der Waals surface area contributed by atoms with Crippen molar-refractivity contribution in [2.75, 3.05) is 20.8 Å². The molecule has 1 aliphatic heterocycles. The summed E-state index contributed by atoms with van der Waals surface area (Å²) in [4.78, 5) is 28.0. The highest BCUT2D eigenvalue weighted by Crippen LogP contribution is 2.39. The SMILES string of the molecule is COc1ccc(CCN2C(=O)C(O)=C(C(=O)c3ccco3)[C@H]2c2ccc(C(C)C)cc2)cc1OC. The van der Waals surface area contributed by atoms with Gasteiger partial charge in [0.05, 0.1) is 32.1 Å². The Morgan fingerprint density at radius 2 is 1.77 bits per heavy atom. The molecule has 1 atom stereocenters. The van der Waals surface area contributed by atoms with Gasteiger partial charge in [-0.15, -0.1) is 0 Å². The van der Waals surface area contributed by atoms with Gasteiger partial charge in [-0.3, -0.25) is 9.59 Å². The number of hydrogen-bond donors (Lipinski definition) is 1. The number of aliphatic hydroxyl groups excluding tert-OH is 1. The van der Waals surface area contributed by atoms with Gasteiger partial charge >= 0.3 is 0 Å². The van der Waals surface area contributed by atoms with Crippen molar-refractivity contribution in [3.05, 3.63) is 94.6 Å². The highest BCUT2D eigenvalue weighted by molar-refractivity contribution is 6.15. The van der Waals surface area contributed by atoms with E-state index >= 15 is 0 Å². The molecule has 0 unspecified atom stereocenters. The van der Waals surface area contributed by atoms with Gasteiger partial charge < -0.3 is 23.9 Å². The molecule has 1 aliphatic rings. The molecule has 1 amide bonds. The lowest BCUT2D eigenvalue weighted by molar-refractivity contribution is -0.129. The second-order valence-corrected chi connectivity index (χ2v) is 8.73. The number of benzene rings is 2. The third kappa shape index (κ3) is 4.67. The van der Waals surface area contributed by atoms with Crippen LogP contribution in [0, 0.1) is 0 Å². The van der Waals surface area contributed by atoms with E-state index in [-0.39, 0.29) is 17.9 Å². The molecule has 3 aromatic rings. The summed E-state index contributed by atoms with van der Waals surface area (Å²) in [6, 6.07) is 15.7. The smallest absolute Gasteiger partial charge is 0.290 e. The van der Waals surface area contributed by atoms with Crippen LogP contribution in [0.25, 0.3) is 0 Å². The molecule has 7 nitrogen and oxygen atoms in total. The molecule has 2 heterocycles. The number of Topliss-reactive ketones (excluding diaryl/α,β-unsaturated/α-hetero) is 1. The molecule has 0 fully saturated rings. The van der Waals surface area contributed by atoms with Crippen LogP contribution < -0.4 is 9.47 Å². The Balaban J connectivity index is 1.68. The first-order chi connectivity index (χ1) is 16.8. The summed E-state index contributed by atoms with van der Waals surface area (Å²) < 4.78 is 16.0. The lowest BCUT2D eigenvalue weighted by Crippen LogP contribution is -2.33. The van der Waals surface area contributed by atoms with Crippen molar-refractivity contribution < 1.29 is 28.6 Å². The normalized spacial score (nSPS) is 15.7. The molecule has 0 aliphatic carbocycles. The number of aliphatic hydroxyl groups is 1. The van der Waals surface area contributed by atoms with Gasteiger partial charge in [0.15, 0.2) is 23.0 Å². The minimum Gasteiger partial charge on any atom is -0.503 e. The average Bonchev–Trinajstić information content (AvgIpc) is 3.50. The van der Waals surface area contributed by atoms with E-state index in [1.165, 1.54) is 17.2 Å². The van der Waals surface area contributed by atoms with Gasteiger partial charge in [-0.2, -0.15) is 0 Å². The number of hydrogen-bond acceptors (Lipinski definition) is 6. The molecule has 0 radical (unpaired) electrons. The van der Waals surface area contributed by atoms with E-state index in [4.69, 9.17) is 13.9 Å². The van der Waals surface area contributed by atoms with Crippen LogP contribution in [0.15, 0.2) is 76.6 Å². The zero-order valence-electron chi connectivity index (χ0n) is 20.3. The fourth-order valence-corrected chi connectivity index (χ4v) is 4.35. The third-order valence-corrected chi connectivity index (χ3v) is 6.30. The van der Waals surface area contributed by atoms with Crippen LogP contribution >= 0.6 is 0 Å². The van der Waals surface area contributed by atoms with Crippen molar-refractivity contribution in [1.82, 2.24) is 4.90 Å². The number of methoxy groups -OCH3 is 2. The van der Waals surface area contributed by atoms with E-state index in [1.807, 2.05) is 42.5 Å². The molecule has 35 heavy (non-hydrogen) atoms. The van der Waals surface area contributed by atoms with Crippen molar-refractivity contribution in [2.45, 2.75) is 32.2 Å². The standard InChI is InChI=1S/C28H29NO6/c1-17(2)19-8-10-20(11-9-19)25-24(26(30)22-6-5-15-35-22)27(31)28(32)29(25)14-13-18-7-12-21(33-3)23(16-18)34-4/h5-12,15-17,25,31H,13-14H2,1-4H3/t25-/m1/s1. The molecule has 182 valence electrons. The first kappa shape index (κ1) is 24.1. The predicted molar refractivity (Wildman–Crippen MR) is 131 cm³/mol. The summed E-state index contributed by atoms with van der Waals surface area (Å²) in [6.07, 6.45) is 1.88. The first-order valence-electron chi connectivity index (χ1n) is 11.5. The summed E-state index contributed by atoms with van der Waals surface area (Å²) in [5.74, 6) is -0.0219. The Morgan fingerprint density at radius 1 is 1.06 bits per heavy atom. The maximum Gasteiger partial charge on any atom is 0.290 e. The summed E-state index contributed by atoms with van der Waals surface area (Å²) in [7, 11) is 3.14. The molecule has 0 saturated heterocycles. The number of carbonyl (C=O) groups is 2. The maximum atomic E-state index is 13.3. The molecular weight excluding hydrogens is 446 g/mol. The summed E-state index contributed by atoms with van der Waals surface area (Å²) in [5.41, 5.74) is 2.83. The Morgan fingerprint density at radius 3 is 2.37 bits per heavy atom. The monoisotopic (exact) mass is 475 g/mol. The molecule has 2 aromatic carbocycles. The van der Waals surface area contributed by atoms with E-state index in [9.17, 15) is 14.7 Å². The van der Waals surface area contributed by atoms with Crippen molar-refractivity contribution in [3.63, 3.8) is 0 Å². The van der Waals surface area contributed by atoms with Crippen molar-refractivity contribution >= 4 is 11.7 Å². The molecule has 0 spiro atoms. The Labute approximate surface area is 204 Å². The number of nitrogens with zero attached hydrogens (tertiary/aromatic N) is 1. The summed E-state index contributed by atoms with van der Waals surface area (Å²) in [5, 5.41) is 10.8. The first-order valence-corrected chi connectivity index (χ1v) is 11.5. The lowest BCUT2D eigenvalue weighted by atomic mass is 9.92. The van der Waals surface area contributed by atoms with Gasteiger partial charge in [-0.25, -0.2) is 0 Å². The Kier molecular flexibility index (Phi) is 6.96. The fraction of sp³-hybridized carbons (Fsp3) is 0.286. The van der Waals surface area contributed by atoms with Crippen LogP contribution in [-0.4, -0.2) is 42.5 Å². The highest BCUT2D eigenvalue weighted by Gasteiger charge is 2.44. The predicted octanol–water partition coefficient (Wildman–Crippen LogP) is 5.24. The molecule has 0 saturated carbocycles. The zero-order chi connectivity index (χ0) is 25.1. The Hall–Kier alpha value is -4.00. The van der Waals surface area contributed by atoms with Crippen LogP contribution in [-0.2, 0) is 11.2 Å². The molecule has 7 heteroatoms. The average molecular weight is 476 g/mol. The van der Waals surface area contributed by atoms with Gasteiger partial charge in [0.1, 0.15) is 0 Å². The Bertz CT molecular complexity index is 1240. The largest absolute Gasteiger partial charge is 0.503 e. The van der Waals surface area contributed by atoms with E-state index < -0.39 is 23.5 Å². The maximum absolute atomic E-state index is 13.3. The van der Waals surface area contributed by atoms with Crippen molar-refractivity contribution in [3.8, 4) is 11.5 Å². The van der Waals surface area contributed by atoms with E-state index in [1.54, 1.807) is 20.3 Å². The van der Waals surface area contributed by atoms with Crippen LogP contribution in [0.3, 0.4) is 0 Å². The van der Waals surface area contributed by atoms with Crippen molar-refractivity contribution in [2.24, 2.45) is 0 Å². The number of carbonyl (C=O) groups excluding carboxylic acids is 2. The molecule has 1 aromatic heterocycles. The number of amides is 1. The third-order valence-electron chi connectivity index (χ3n) is 6.30. The summed E-state index contributed by atoms with van der Waals surface area (Å²) >= 11 is 0. The van der Waals surface area contributed by atoms with E-state index in [0.29, 0.717) is 23.8 Å². The van der Waals surface area contributed by atoms with Gasteiger partial charge in [0, 0.05) is 6.54 Å². The zero-order valence-corrected chi connectivity index (χ0v) is 20.3. The van der Waals surface area contributed by atoms with E-state index in [2.05, 4.69) is 13.8 Å². The number of ether oxygens (including phenoxy) is 2. The minimum absolute atomic E-state index is 0.0227. The van der Waals surface area contributed by atoms with E-state index in [0.717, 1.165) is 16.7 Å². The van der Waals surface area contributed by atoms with Crippen molar-refractivity contribution in [1.29, 1.82) is 0 Å². The van der Waals surface area contributed by atoms with Crippen LogP contribution in [0.4, 0.5) is 0 Å².